The van der Waals surface area contributed by atoms with Crippen molar-refractivity contribution in [3.05, 3.63) is 35.9 Å². The molecular weight excluding hydrogens is 240 g/mol. The van der Waals surface area contributed by atoms with Crippen molar-refractivity contribution < 1.29 is 0 Å². The molecule has 1 fully saturated rings. The molecule has 1 aromatic carbocycles. The van der Waals surface area contributed by atoms with Crippen molar-refractivity contribution >= 4 is 0 Å². The van der Waals surface area contributed by atoms with E-state index in [-0.39, 0.29) is 0 Å². The second-order valence-electron chi connectivity index (χ2n) is 6.89. The third-order valence-corrected chi connectivity index (χ3v) is 5.44. The third kappa shape index (κ3) is 4.11. The monoisotopic (exact) mass is 272 g/mol. The van der Waals surface area contributed by atoms with Gasteiger partial charge in [-0.2, -0.15) is 0 Å². The van der Waals surface area contributed by atoms with Gasteiger partial charge in [0.25, 0.3) is 0 Å². The van der Waals surface area contributed by atoms with Crippen molar-refractivity contribution in [3.8, 4) is 0 Å². The molecule has 20 heavy (non-hydrogen) atoms. The van der Waals surface area contributed by atoms with Crippen LogP contribution in [0.2, 0.25) is 0 Å². The summed E-state index contributed by atoms with van der Waals surface area (Å²) in [5, 5.41) is 0. The first kappa shape index (κ1) is 15.6. The summed E-state index contributed by atoms with van der Waals surface area (Å²) < 4.78 is 0. The van der Waals surface area contributed by atoms with E-state index in [0.717, 1.165) is 5.92 Å². The number of hydrogen-bond acceptors (Lipinski definition) is 0. The van der Waals surface area contributed by atoms with E-state index in [4.69, 9.17) is 0 Å². The predicted octanol–water partition coefficient (Wildman–Crippen LogP) is 6.71. The molecule has 0 bridgehead atoms. The Hall–Kier alpha value is -0.780. The topological polar surface area (TPSA) is 0 Å². The van der Waals surface area contributed by atoms with Crippen LogP contribution in [0, 0.1) is 5.41 Å². The Bertz CT molecular complexity index is 347. The maximum Gasteiger partial charge on any atom is -0.0162 e. The highest BCUT2D eigenvalue weighted by Gasteiger charge is 2.34. The summed E-state index contributed by atoms with van der Waals surface area (Å²) in [6, 6.07) is 11.2. The van der Waals surface area contributed by atoms with E-state index in [1.807, 2.05) is 0 Å². The summed E-state index contributed by atoms with van der Waals surface area (Å²) >= 11 is 0. The maximum absolute atomic E-state index is 2.34. The quantitative estimate of drug-likeness (QED) is 0.517. The van der Waals surface area contributed by atoms with E-state index < -0.39 is 0 Å². The van der Waals surface area contributed by atoms with Crippen molar-refractivity contribution in [2.45, 2.75) is 84.0 Å². The van der Waals surface area contributed by atoms with Crippen LogP contribution >= 0.6 is 0 Å². The zero-order valence-electron chi connectivity index (χ0n) is 13.5. The van der Waals surface area contributed by atoms with Crippen LogP contribution in [-0.4, -0.2) is 0 Å². The fraction of sp³-hybridized carbons (Fsp3) is 0.700. The standard InChI is InChI=1S/C20H32/c1-3-5-14-20(15-6-4-2)16-12-19(13-17-20)18-10-8-7-9-11-18/h7-11,19H,3-6,12-17H2,1-2H3. The molecule has 1 saturated carbocycles. The summed E-state index contributed by atoms with van der Waals surface area (Å²) in [6.07, 6.45) is 14.3. The number of hydrogen-bond donors (Lipinski definition) is 0. The summed E-state index contributed by atoms with van der Waals surface area (Å²) in [7, 11) is 0. The molecule has 1 aliphatic rings. The molecule has 0 aliphatic heterocycles. The Morgan fingerprint density at radius 1 is 0.900 bits per heavy atom. The van der Waals surface area contributed by atoms with Gasteiger partial charge in [-0.05, 0) is 55.4 Å². The summed E-state index contributed by atoms with van der Waals surface area (Å²) in [5.41, 5.74) is 2.27. The van der Waals surface area contributed by atoms with Gasteiger partial charge < -0.3 is 0 Å². The highest BCUT2D eigenvalue weighted by Crippen LogP contribution is 2.48. The zero-order valence-corrected chi connectivity index (χ0v) is 13.5. The lowest BCUT2D eigenvalue weighted by molar-refractivity contribution is 0.137. The fourth-order valence-corrected chi connectivity index (χ4v) is 4.02. The molecule has 0 nitrogen and oxygen atoms in total. The van der Waals surface area contributed by atoms with E-state index >= 15 is 0 Å². The van der Waals surface area contributed by atoms with Gasteiger partial charge in [-0.3, -0.25) is 0 Å². The SMILES string of the molecule is CCCCC1(CCCC)CCC(c2ccccc2)CC1. The van der Waals surface area contributed by atoms with Crippen LogP contribution in [-0.2, 0) is 0 Å². The molecule has 0 radical (unpaired) electrons. The first-order valence-corrected chi connectivity index (χ1v) is 8.84. The highest BCUT2D eigenvalue weighted by atomic mass is 14.4. The van der Waals surface area contributed by atoms with Gasteiger partial charge in [0.15, 0.2) is 0 Å². The van der Waals surface area contributed by atoms with Gasteiger partial charge in [0.05, 0.1) is 0 Å². The van der Waals surface area contributed by atoms with E-state index in [1.165, 1.54) is 64.2 Å². The first-order chi connectivity index (χ1) is 9.79. The Balaban J connectivity index is 1.94. The normalized spacial score (nSPS) is 19.1. The number of unbranched alkanes of at least 4 members (excludes halogenated alkanes) is 2. The Morgan fingerprint density at radius 2 is 1.45 bits per heavy atom. The second kappa shape index (κ2) is 7.86. The molecule has 0 aromatic heterocycles. The molecule has 0 unspecified atom stereocenters. The zero-order chi connectivity index (χ0) is 14.3. The maximum atomic E-state index is 2.34. The molecule has 112 valence electrons. The minimum atomic E-state index is 0.692. The number of benzene rings is 1. The van der Waals surface area contributed by atoms with Crippen LogP contribution in [0.15, 0.2) is 30.3 Å². The van der Waals surface area contributed by atoms with Crippen molar-refractivity contribution in [1.82, 2.24) is 0 Å². The second-order valence-corrected chi connectivity index (χ2v) is 6.89. The van der Waals surface area contributed by atoms with Crippen LogP contribution in [0.5, 0.6) is 0 Å². The summed E-state index contributed by atoms with van der Waals surface area (Å²) in [6.45, 7) is 4.67. The lowest BCUT2D eigenvalue weighted by Crippen LogP contribution is -2.27. The van der Waals surface area contributed by atoms with Crippen LogP contribution < -0.4 is 0 Å². The van der Waals surface area contributed by atoms with Gasteiger partial charge in [0.2, 0.25) is 0 Å². The molecule has 0 spiro atoms. The van der Waals surface area contributed by atoms with Crippen LogP contribution in [0.4, 0.5) is 0 Å². The van der Waals surface area contributed by atoms with Crippen LogP contribution in [0.25, 0.3) is 0 Å². The third-order valence-electron chi connectivity index (χ3n) is 5.44. The minimum Gasteiger partial charge on any atom is -0.0654 e. The van der Waals surface area contributed by atoms with Gasteiger partial charge in [0, 0.05) is 0 Å². The average molecular weight is 272 g/mol. The average Bonchev–Trinajstić information content (AvgIpc) is 2.53. The van der Waals surface area contributed by atoms with E-state index in [2.05, 4.69) is 44.2 Å². The van der Waals surface area contributed by atoms with Gasteiger partial charge in [-0.15, -0.1) is 0 Å². The van der Waals surface area contributed by atoms with E-state index in [9.17, 15) is 0 Å². The Morgan fingerprint density at radius 3 is 1.95 bits per heavy atom. The Kier molecular flexibility index (Phi) is 6.13. The van der Waals surface area contributed by atoms with Crippen LogP contribution in [0.3, 0.4) is 0 Å². The molecule has 0 heteroatoms. The lowest BCUT2D eigenvalue weighted by Gasteiger charge is -2.41. The highest BCUT2D eigenvalue weighted by molar-refractivity contribution is 5.20. The van der Waals surface area contributed by atoms with Crippen molar-refractivity contribution in [3.63, 3.8) is 0 Å². The smallest absolute Gasteiger partial charge is 0.0162 e. The molecule has 0 saturated heterocycles. The molecule has 1 aromatic rings. The molecular formula is C20H32. The number of rotatable bonds is 7. The molecule has 0 heterocycles. The fourth-order valence-electron chi connectivity index (χ4n) is 4.02. The van der Waals surface area contributed by atoms with Gasteiger partial charge in [-0.25, -0.2) is 0 Å². The lowest BCUT2D eigenvalue weighted by atomic mass is 9.64. The molecule has 0 atom stereocenters. The van der Waals surface area contributed by atoms with Crippen LogP contribution in [0.1, 0.15) is 89.5 Å². The Labute approximate surface area is 126 Å². The summed E-state index contributed by atoms with van der Waals surface area (Å²) in [4.78, 5) is 0. The van der Waals surface area contributed by atoms with Crippen molar-refractivity contribution in [2.75, 3.05) is 0 Å². The predicted molar refractivity (Wildman–Crippen MR) is 89.1 cm³/mol. The largest absolute Gasteiger partial charge is 0.0654 e. The molecule has 0 N–H and O–H groups in total. The van der Waals surface area contributed by atoms with E-state index in [0.29, 0.717) is 5.41 Å². The van der Waals surface area contributed by atoms with Crippen molar-refractivity contribution in [1.29, 1.82) is 0 Å². The van der Waals surface area contributed by atoms with Crippen molar-refractivity contribution in [2.24, 2.45) is 5.41 Å². The van der Waals surface area contributed by atoms with Gasteiger partial charge in [-0.1, -0.05) is 69.9 Å². The minimum absolute atomic E-state index is 0.692. The summed E-state index contributed by atoms with van der Waals surface area (Å²) in [5.74, 6) is 0.826. The molecule has 1 aliphatic carbocycles. The first-order valence-electron chi connectivity index (χ1n) is 8.84. The van der Waals surface area contributed by atoms with E-state index in [1.54, 1.807) is 5.56 Å². The molecule has 2 rings (SSSR count). The molecule has 0 amide bonds. The van der Waals surface area contributed by atoms with Gasteiger partial charge >= 0.3 is 0 Å². The van der Waals surface area contributed by atoms with Gasteiger partial charge in [0.1, 0.15) is 0 Å².